The molecule has 0 bridgehead atoms. The van der Waals surface area contributed by atoms with Gasteiger partial charge in [0.1, 0.15) is 92.0 Å². The van der Waals surface area contributed by atoms with Gasteiger partial charge in [-0.3, -0.25) is 0 Å². The van der Waals surface area contributed by atoms with Crippen LogP contribution < -0.4 is 56.8 Å². The molecule has 1 aliphatic rings. The molecule has 0 saturated carbocycles. The maximum atomic E-state index is 16.7. The number of carbonyl (C=O) groups is 4. The van der Waals surface area contributed by atoms with Crippen LogP contribution in [0.4, 0.5) is 0 Å². The number of benzene rings is 16. The molecule has 141 heavy (non-hydrogen) atoms. The number of esters is 4. The van der Waals surface area contributed by atoms with Crippen LogP contribution >= 0.6 is 0 Å². The van der Waals surface area contributed by atoms with Crippen LogP contribution in [-0.2, 0) is 108 Å². The van der Waals surface area contributed by atoms with Crippen LogP contribution in [-0.4, -0.2) is 68.3 Å². The van der Waals surface area contributed by atoms with Crippen LogP contribution in [0.3, 0.4) is 0 Å². The van der Waals surface area contributed by atoms with Gasteiger partial charge in [-0.1, -0.05) is 364 Å². The lowest BCUT2D eigenvalue weighted by Gasteiger charge is -2.44. The lowest BCUT2D eigenvalue weighted by molar-refractivity contribution is -0.291. The highest BCUT2D eigenvalue weighted by Gasteiger charge is 2.54. The number of hydrogen-bond acceptors (Lipinski definition) is 22. The Labute approximate surface area is 817 Å². The molecule has 5 atom stereocenters. The van der Waals surface area contributed by atoms with Crippen molar-refractivity contribution in [2.45, 2.75) is 110 Å². The highest BCUT2D eigenvalue weighted by molar-refractivity contribution is 5.94. The summed E-state index contributed by atoms with van der Waals surface area (Å²) in [5.74, 6) is -3.26. The molecule has 22 nitrogen and oxygen atoms in total. The zero-order valence-electron chi connectivity index (χ0n) is 77.3. The Morgan fingerprint density at radius 3 is 0.553 bits per heavy atom. The van der Waals surface area contributed by atoms with E-state index in [1.165, 1.54) is 55.6 Å². The van der Waals surface area contributed by atoms with Gasteiger partial charge in [-0.25, -0.2) is 19.2 Å². The molecule has 0 aliphatic carbocycles. The number of rotatable bonds is 46. The van der Waals surface area contributed by atoms with Gasteiger partial charge in [-0.2, -0.15) is 0 Å². The van der Waals surface area contributed by atoms with Crippen molar-refractivity contribution in [1.82, 2.24) is 0 Å². The normalized spacial score (nSPS) is 14.1. The van der Waals surface area contributed by atoms with E-state index in [2.05, 4.69) is 0 Å². The Morgan fingerprint density at radius 2 is 0.369 bits per heavy atom. The summed E-state index contributed by atoms with van der Waals surface area (Å²) < 4.78 is 122. The van der Waals surface area contributed by atoms with Crippen molar-refractivity contribution in [2.24, 2.45) is 0 Å². The van der Waals surface area contributed by atoms with Gasteiger partial charge in [0, 0.05) is 7.11 Å². The zero-order chi connectivity index (χ0) is 96.4. The first-order valence-electron chi connectivity index (χ1n) is 46.2. The topological polar surface area (TPSA) is 234 Å². The second-order valence-corrected chi connectivity index (χ2v) is 33.0. The molecule has 1 fully saturated rings. The maximum absolute atomic E-state index is 16.7. The molecule has 0 radical (unpaired) electrons. The molecule has 22 heteroatoms. The van der Waals surface area contributed by atoms with E-state index in [4.69, 9.17) is 85.3 Å². The van der Waals surface area contributed by atoms with E-state index in [0.717, 1.165) is 66.8 Å². The quantitative estimate of drug-likeness (QED) is 0.0255. The van der Waals surface area contributed by atoms with Gasteiger partial charge >= 0.3 is 23.9 Å². The summed E-state index contributed by atoms with van der Waals surface area (Å²) in [4.78, 5) is 65.6. The number of ether oxygens (including phenoxy) is 18. The van der Waals surface area contributed by atoms with Crippen molar-refractivity contribution in [3.05, 3.63) is 502 Å². The molecule has 16 aromatic rings. The van der Waals surface area contributed by atoms with Crippen LogP contribution in [0.2, 0.25) is 0 Å². The second-order valence-electron chi connectivity index (χ2n) is 33.0. The van der Waals surface area contributed by atoms with E-state index in [1.54, 1.807) is 0 Å². The van der Waals surface area contributed by atoms with Crippen LogP contribution in [0.1, 0.15) is 108 Å². The Balaban J connectivity index is 0.825. The molecule has 16 aromatic carbocycles. The fourth-order valence-corrected chi connectivity index (χ4v) is 15.4. The molecule has 0 spiro atoms. The van der Waals surface area contributed by atoms with Crippen molar-refractivity contribution in [1.29, 1.82) is 0 Å². The van der Waals surface area contributed by atoms with Crippen molar-refractivity contribution in [3.63, 3.8) is 0 Å². The molecule has 1 saturated heterocycles. The molecule has 0 unspecified atom stereocenters. The number of methoxy groups -OCH3 is 1. The molecule has 0 aromatic heterocycles. The Kier molecular flexibility index (Phi) is 33.3. The summed E-state index contributed by atoms with van der Waals surface area (Å²) in [6, 6.07) is 125. The molecule has 17 rings (SSSR count). The monoisotopic (exact) mass is 1880 g/mol. The lowest BCUT2D eigenvalue weighted by Crippen LogP contribution is -2.63. The Morgan fingerprint density at radius 1 is 0.206 bits per heavy atom. The minimum atomic E-state index is -2.08. The van der Waals surface area contributed by atoms with Crippen LogP contribution in [0.25, 0.3) is 0 Å². The van der Waals surface area contributed by atoms with E-state index in [-0.39, 0.29) is 171 Å². The maximum Gasteiger partial charge on any atom is 0.339 e. The van der Waals surface area contributed by atoms with Gasteiger partial charge in [0.15, 0.2) is 70.6 Å². The summed E-state index contributed by atoms with van der Waals surface area (Å²) in [6.07, 6.45) is -9.67. The zero-order valence-corrected chi connectivity index (χ0v) is 77.3. The van der Waals surface area contributed by atoms with Gasteiger partial charge in [0.05, 0.1) is 22.3 Å². The van der Waals surface area contributed by atoms with Gasteiger partial charge in [0.2, 0.25) is 23.0 Å². The molecule has 1 aliphatic heterocycles. The summed E-state index contributed by atoms with van der Waals surface area (Å²) in [7, 11) is 1.27. The van der Waals surface area contributed by atoms with Crippen molar-refractivity contribution in [3.8, 4) is 69.0 Å². The summed E-state index contributed by atoms with van der Waals surface area (Å²) >= 11 is 0. The van der Waals surface area contributed by atoms with E-state index in [1.807, 2.05) is 364 Å². The minimum Gasteiger partial charge on any atom is -0.485 e. The molecule has 1 heterocycles. The average molecular weight is 1880 g/mol. The second kappa shape index (κ2) is 49.1. The van der Waals surface area contributed by atoms with E-state index in [0.29, 0.717) is 0 Å². The van der Waals surface area contributed by atoms with E-state index < -0.39 is 61.2 Å². The van der Waals surface area contributed by atoms with Crippen molar-refractivity contribution >= 4 is 23.9 Å². The molecular formula is C119H102O22. The summed E-state index contributed by atoms with van der Waals surface area (Å²) in [5, 5.41) is 0. The standard InChI is InChI=1S/C119H102O22/c1-124-119-114(141-118(123)98-68-105(131-76-89-50-26-8-27-51-89)111(136-81-94-60-36-13-37-61-94)106(69-98)132-77-90-52-28-9-29-53-90)113(140-117(122)97-66-103(129-74-87-46-22-6-23-47-87)110(135-80-93-58-34-12-35-59-93)104(67-97)130-75-88-48-24-7-25-49-88)112(139-116(121)96-64-101(127-72-85-42-18-4-19-43-85)109(134-79-92-56-32-11-33-57-92)102(65-96)128-73-86-44-20-5-21-45-86)107(138-119)82-137-115(120)95-62-99(125-70-83-38-14-2-15-39-83)108(133-78-91-54-30-10-31-55-91)100(63-95)126-71-84-40-16-3-17-41-84/h2-69,107,112-114,119H,70-82H2,1H3/t107-,112-,113+,114-,119+/m1/s1. The van der Waals surface area contributed by atoms with E-state index in [9.17, 15) is 0 Å². The van der Waals surface area contributed by atoms with Gasteiger partial charge in [0.25, 0.3) is 0 Å². The van der Waals surface area contributed by atoms with E-state index >= 15 is 19.2 Å². The van der Waals surface area contributed by atoms with Crippen molar-refractivity contribution < 1.29 is 104 Å². The third-order valence-corrected chi connectivity index (χ3v) is 22.8. The Bertz CT molecular complexity index is 6430. The number of carbonyl (C=O) groups excluding carboxylic acids is 4. The highest BCUT2D eigenvalue weighted by atomic mass is 16.7. The van der Waals surface area contributed by atoms with Crippen LogP contribution in [0.15, 0.2) is 413 Å². The fraction of sp³-hybridized carbons (Fsp3) is 0.160. The predicted molar refractivity (Wildman–Crippen MR) is 529 cm³/mol. The number of hydrogen-bond donors (Lipinski definition) is 0. The third kappa shape index (κ3) is 27.0. The van der Waals surface area contributed by atoms with Gasteiger partial charge in [-0.15, -0.1) is 0 Å². The first kappa shape index (κ1) is 95.6. The van der Waals surface area contributed by atoms with Crippen molar-refractivity contribution in [2.75, 3.05) is 13.7 Å². The molecule has 710 valence electrons. The van der Waals surface area contributed by atoms with Crippen LogP contribution in [0.5, 0.6) is 69.0 Å². The molecular weight excluding hydrogens is 1780 g/mol. The smallest absolute Gasteiger partial charge is 0.339 e. The SMILES string of the molecule is CO[C@H]1O[C@H](COC(=O)c2cc(OCc3ccccc3)c(OCc3ccccc3)c(OCc3ccccc3)c2)[C@@H](OC(=O)c2cc(OCc3ccccc3)c(OCc3ccccc3)c(OCc3ccccc3)c2)[C@H](OC(=O)c2cc(OCc3ccccc3)c(OCc3ccccc3)c(OCc3ccccc3)c2)[C@H]1OC(=O)c1cc(OCc2ccccc2)c(OCc2ccccc2)c(OCc2ccccc2)c1. The first-order chi connectivity index (χ1) is 69.5. The largest absolute Gasteiger partial charge is 0.485 e. The Hall–Kier alpha value is -17.1. The van der Waals surface area contributed by atoms with Crippen LogP contribution in [0, 0.1) is 0 Å². The first-order valence-corrected chi connectivity index (χ1v) is 46.2. The third-order valence-electron chi connectivity index (χ3n) is 22.8. The average Bonchev–Trinajstić information content (AvgIpc) is 0.768. The van der Waals surface area contributed by atoms with Gasteiger partial charge < -0.3 is 85.3 Å². The molecule has 0 amide bonds. The lowest BCUT2D eigenvalue weighted by atomic mass is 9.97. The fourth-order valence-electron chi connectivity index (χ4n) is 15.4. The summed E-state index contributed by atoms with van der Waals surface area (Å²) in [5.41, 5.74) is 8.72. The minimum absolute atomic E-state index is 0.0117. The molecule has 0 N–H and O–H groups in total. The highest BCUT2D eigenvalue weighted by Crippen LogP contribution is 2.47. The predicted octanol–water partition coefficient (Wildman–Crippen LogP) is 23.8. The van der Waals surface area contributed by atoms with Gasteiger partial charge in [-0.05, 0) is 115 Å². The summed E-state index contributed by atoms with van der Waals surface area (Å²) in [6.45, 7) is -0.771.